The van der Waals surface area contributed by atoms with Crippen LogP contribution < -0.4 is 0 Å². The third-order valence-electron chi connectivity index (χ3n) is 2.25. The van der Waals surface area contributed by atoms with Crippen molar-refractivity contribution in [3.05, 3.63) is 0 Å². The molecule has 0 fully saturated rings. The Labute approximate surface area is 103 Å². The molecule has 0 saturated carbocycles. The van der Waals surface area contributed by atoms with E-state index in [-0.39, 0.29) is 0 Å². The summed E-state index contributed by atoms with van der Waals surface area (Å²) in [4.78, 5) is 0. The molecule has 3 radical (unpaired) electrons. The van der Waals surface area contributed by atoms with Gasteiger partial charge in [0, 0.05) is 36.5 Å². The number of hydrogen-bond acceptors (Lipinski definition) is 3. The lowest BCUT2D eigenvalue weighted by atomic mass is 10.2. The molecule has 0 bridgehead atoms. The van der Waals surface area contributed by atoms with Crippen LogP contribution in [-0.4, -0.2) is 36.0 Å². The zero-order valence-electron chi connectivity index (χ0n) is 10.9. The van der Waals surface area contributed by atoms with Crippen LogP contribution in [0.1, 0.15) is 46.5 Å². The Balaban J connectivity index is 4.12. The van der Waals surface area contributed by atoms with Crippen molar-refractivity contribution in [3.8, 4) is 0 Å². The maximum atomic E-state index is 5.63. The standard InChI is InChI=1S/C12H25O3Si/c1-4-13-12(14-5-2,15-6-3)10-8-7-9-11-16/h4-11H2,1-3H3. The number of rotatable bonds is 11. The van der Waals surface area contributed by atoms with Crippen molar-refractivity contribution < 1.29 is 14.2 Å². The van der Waals surface area contributed by atoms with E-state index in [1.807, 2.05) is 20.8 Å². The lowest BCUT2D eigenvalue weighted by Gasteiger charge is -2.32. The molecule has 0 aromatic carbocycles. The topological polar surface area (TPSA) is 27.7 Å². The molecule has 0 spiro atoms. The number of unbranched alkanes of at least 4 members (excludes halogenated alkanes) is 2. The fraction of sp³-hybridized carbons (Fsp3) is 1.00. The zero-order valence-corrected chi connectivity index (χ0v) is 11.9. The molecular formula is C12H25O3Si. The van der Waals surface area contributed by atoms with Gasteiger partial charge in [0.05, 0.1) is 0 Å². The van der Waals surface area contributed by atoms with Gasteiger partial charge in [0.25, 0.3) is 5.97 Å². The van der Waals surface area contributed by atoms with E-state index in [2.05, 4.69) is 10.2 Å². The van der Waals surface area contributed by atoms with Crippen molar-refractivity contribution in [2.75, 3.05) is 19.8 Å². The molecule has 0 aromatic heterocycles. The zero-order chi connectivity index (χ0) is 12.3. The smallest absolute Gasteiger partial charge is 0.282 e. The van der Waals surface area contributed by atoms with Gasteiger partial charge in [0.2, 0.25) is 0 Å². The highest BCUT2D eigenvalue weighted by atomic mass is 28.1. The first-order valence-corrected chi connectivity index (χ1v) is 7.01. The molecule has 0 aliphatic rings. The van der Waals surface area contributed by atoms with E-state index in [9.17, 15) is 0 Å². The Morgan fingerprint density at radius 2 is 1.31 bits per heavy atom. The second kappa shape index (κ2) is 10.3. The molecule has 0 saturated heterocycles. The highest BCUT2D eigenvalue weighted by Gasteiger charge is 2.31. The molecule has 0 heterocycles. The molecule has 4 heteroatoms. The van der Waals surface area contributed by atoms with E-state index in [0.29, 0.717) is 19.8 Å². The predicted octanol–water partition coefficient (Wildman–Crippen LogP) is 2.90. The van der Waals surface area contributed by atoms with Crippen LogP contribution in [0.4, 0.5) is 0 Å². The predicted molar refractivity (Wildman–Crippen MR) is 66.6 cm³/mol. The van der Waals surface area contributed by atoms with E-state index >= 15 is 0 Å². The quantitative estimate of drug-likeness (QED) is 0.318. The SMILES string of the molecule is CCOC(CCCCC[Si])(OCC)OCC. The van der Waals surface area contributed by atoms with Gasteiger partial charge >= 0.3 is 0 Å². The first-order chi connectivity index (χ1) is 7.74. The van der Waals surface area contributed by atoms with E-state index in [4.69, 9.17) is 14.2 Å². The molecule has 0 aromatic rings. The second-order valence-electron chi connectivity index (χ2n) is 3.54. The van der Waals surface area contributed by atoms with Crippen molar-refractivity contribution in [1.29, 1.82) is 0 Å². The van der Waals surface area contributed by atoms with Gasteiger partial charge in [-0.1, -0.05) is 18.9 Å². The highest BCUT2D eigenvalue weighted by molar-refractivity contribution is 6.08. The van der Waals surface area contributed by atoms with Crippen LogP contribution in [0.5, 0.6) is 0 Å². The van der Waals surface area contributed by atoms with Crippen LogP contribution in [0.2, 0.25) is 6.04 Å². The van der Waals surface area contributed by atoms with Crippen LogP contribution in [0.25, 0.3) is 0 Å². The normalized spacial score (nSPS) is 12.0. The summed E-state index contributed by atoms with van der Waals surface area (Å²) in [7, 11) is 3.47. The molecule has 0 atom stereocenters. The summed E-state index contributed by atoms with van der Waals surface area (Å²) >= 11 is 0. The maximum Gasteiger partial charge on any atom is 0.282 e. The lowest BCUT2D eigenvalue weighted by Crippen LogP contribution is -2.39. The van der Waals surface area contributed by atoms with Gasteiger partial charge in [-0.15, -0.1) is 0 Å². The molecule has 0 N–H and O–H groups in total. The van der Waals surface area contributed by atoms with Gasteiger partial charge in [0.1, 0.15) is 0 Å². The highest BCUT2D eigenvalue weighted by Crippen LogP contribution is 2.23. The van der Waals surface area contributed by atoms with Gasteiger partial charge in [-0.2, -0.15) is 0 Å². The van der Waals surface area contributed by atoms with Gasteiger partial charge < -0.3 is 14.2 Å². The molecule has 16 heavy (non-hydrogen) atoms. The Morgan fingerprint density at radius 3 is 1.69 bits per heavy atom. The second-order valence-corrected chi connectivity index (χ2v) is 4.04. The van der Waals surface area contributed by atoms with E-state index in [1.54, 1.807) is 0 Å². The van der Waals surface area contributed by atoms with Crippen LogP contribution in [0.3, 0.4) is 0 Å². The minimum atomic E-state index is -0.815. The third-order valence-corrected chi connectivity index (χ3v) is 2.61. The van der Waals surface area contributed by atoms with Crippen LogP contribution >= 0.6 is 0 Å². The van der Waals surface area contributed by atoms with Crippen molar-refractivity contribution in [1.82, 2.24) is 0 Å². The molecular weight excluding hydrogens is 220 g/mol. The lowest BCUT2D eigenvalue weighted by molar-refractivity contribution is -0.380. The van der Waals surface area contributed by atoms with E-state index in [0.717, 1.165) is 18.9 Å². The van der Waals surface area contributed by atoms with Crippen LogP contribution in [-0.2, 0) is 14.2 Å². The van der Waals surface area contributed by atoms with Crippen molar-refractivity contribution in [2.24, 2.45) is 0 Å². The van der Waals surface area contributed by atoms with E-state index < -0.39 is 5.97 Å². The Hall–Kier alpha value is 0.0969. The monoisotopic (exact) mass is 245 g/mol. The molecule has 0 aliphatic heterocycles. The summed E-state index contributed by atoms with van der Waals surface area (Å²) in [6.45, 7) is 7.72. The van der Waals surface area contributed by atoms with E-state index in [1.165, 1.54) is 12.8 Å². The molecule has 0 unspecified atom stereocenters. The van der Waals surface area contributed by atoms with Gasteiger partial charge in [-0.3, -0.25) is 0 Å². The fourth-order valence-electron chi connectivity index (χ4n) is 1.64. The Morgan fingerprint density at radius 1 is 0.812 bits per heavy atom. The summed E-state index contributed by atoms with van der Waals surface area (Å²) in [6, 6.07) is 1.05. The first kappa shape index (κ1) is 16.1. The Bertz CT molecular complexity index is 136. The first-order valence-electron chi connectivity index (χ1n) is 6.31. The van der Waals surface area contributed by atoms with Crippen molar-refractivity contribution in [2.45, 2.75) is 58.5 Å². The molecule has 0 aliphatic carbocycles. The average Bonchev–Trinajstić information content (AvgIpc) is 2.26. The molecule has 0 rings (SSSR count). The van der Waals surface area contributed by atoms with Crippen molar-refractivity contribution >= 4 is 10.2 Å². The van der Waals surface area contributed by atoms with Crippen molar-refractivity contribution in [3.63, 3.8) is 0 Å². The molecule has 95 valence electrons. The van der Waals surface area contributed by atoms with Gasteiger partial charge in [-0.05, 0) is 27.2 Å². The fourth-order valence-corrected chi connectivity index (χ4v) is 1.89. The summed E-state index contributed by atoms with van der Waals surface area (Å²) in [5, 5.41) is 0. The summed E-state index contributed by atoms with van der Waals surface area (Å²) in [6.07, 6.45) is 4.20. The van der Waals surface area contributed by atoms with Gasteiger partial charge in [0.15, 0.2) is 0 Å². The van der Waals surface area contributed by atoms with Crippen LogP contribution in [0, 0.1) is 0 Å². The number of ether oxygens (including phenoxy) is 3. The number of hydrogen-bond donors (Lipinski definition) is 0. The summed E-state index contributed by atoms with van der Waals surface area (Å²) in [5.41, 5.74) is 0. The van der Waals surface area contributed by atoms with Crippen LogP contribution in [0.15, 0.2) is 0 Å². The minimum absolute atomic E-state index is 0.609. The van der Waals surface area contributed by atoms with Gasteiger partial charge in [-0.25, -0.2) is 0 Å². The minimum Gasteiger partial charge on any atom is -0.328 e. The largest absolute Gasteiger partial charge is 0.328 e. The third kappa shape index (κ3) is 6.63. The molecule has 0 amide bonds. The molecule has 3 nitrogen and oxygen atoms in total. The summed E-state index contributed by atoms with van der Waals surface area (Å²) in [5.74, 6) is -0.815. The summed E-state index contributed by atoms with van der Waals surface area (Å²) < 4.78 is 16.9. The Kier molecular flexibility index (Phi) is 10.3. The maximum absolute atomic E-state index is 5.63. The average molecular weight is 245 g/mol.